The lowest BCUT2D eigenvalue weighted by Crippen LogP contribution is -2.45. The molecule has 0 aliphatic rings. The van der Waals surface area contributed by atoms with Gasteiger partial charge in [0, 0.05) is 25.8 Å². The molecule has 0 aliphatic carbocycles. The maximum absolute atomic E-state index is 12.7. The van der Waals surface area contributed by atoms with E-state index < -0.39 is 11.7 Å². The highest BCUT2D eigenvalue weighted by atomic mass is 16.7. The molecular weight excluding hydrogens is 426 g/mol. The summed E-state index contributed by atoms with van der Waals surface area (Å²) in [5, 5.41) is 18.5. The topological polar surface area (TPSA) is 126 Å². The molecule has 1 N–H and O–H groups in total. The number of carbonyl (C=O) groups excluding carboxylic acids is 1. The number of rotatable bonds is 11. The number of hydrogen-bond acceptors (Lipinski definition) is 9. The predicted octanol–water partition coefficient (Wildman–Crippen LogP) is 2.30. The van der Waals surface area contributed by atoms with Crippen molar-refractivity contribution in [3.8, 4) is 0 Å². The van der Waals surface area contributed by atoms with E-state index in [1.807, 2.05) is 30.3 Å². The highest BCUT2D eigenvalue weighted by Crippen LogP contribution is 2.16. The van der Waals surface area contributed by atoms with Crippen molar-refractivity contribution >= 4 is 17.4 Å². The third-order valence-electron chi connectivity index (χ3n) is 4.55. The molecule has 3 aromatic rings. The fraction of sp³-hybridized carbons (Fsp3) is 0.364. The van der Waals surface area contributed by atoms with Gasteiger partial charge in [-0.1, -0.05) is 41.6 Å². The first-order valence-electron chi connectivity index (χ1n) is 10.5. The van der Waals surface area contributed by atoms with Crippen LogP contribution in [0.3, 0.4) is 0 Å². The second kappa shape index (κ2) is 11.2. The van der Waals surface area contributed by atoms with Gasteiger partial charge in [-0.25, -0.2) is 9.67 Å². The molecular formula is C22H27N7O4. The predicted molar refractivity (Wildman–Crippen MR) is 120 cm³/mol. The first kappa shape index (κ1) is 24.0. The van der Waals surface area contributed by atoms with E-state index in [1.54, 1.807) is 46.0 Å². The summed E-state index contributed by atoms with van der Waals surface area (Å²) in [7, 11) is 1.72. The smallest absolute Gasteiger partial charge is 0.285 e. The molecule has 174 valence electrons. The van der Waals surface area contributed by atoms with Crippen molar-refractivity contribution in [1.29, 1.82) is 0 Å². The molecule has 11 nitrogen and oxygen atoms in total. The molecule has 0 fully saturated rings. The van der Waals surface area contributed by atoms with Crippen LogP contribution in [0.1, 0.15) is 37.9 Å². The maximum Gasteiger partial charge on any atom is 0.285 e. The van der Waals surface area contributed by atoms with Crippen molar-refractivity contribution in [3.05, 3.63) is 65.6 Å². The minimum atomic E-state index is -1.41. The molecule has 1 aromatic carbocycles. The molecule has 33 heavy (non-hydrogen) atoms. The first-order valence-corrected chi connectivity index (χ1v) is 10.5. The second-order valence-electron chi connectivity index (χ2n) is 6.99. The van der Waals surface area contributed by atoms with Crippen LogP contribution in [-0.2, 0) is 32.8 Å². The number of hydrogen-bond donors (Lipinski definition) is 1. The molecule has 2 heterocycles. The largest absolute Gasteiger partial charge is 0.389 e. The third kappa shape index (κ3) is 6.18. The van der Waals surface area contributed by atoms with Crippen molar-refractivity contribution < 1.29 is 19.1 Å². The van der Waals surface area contributed by atoms with Crippen molar-refractivity contribution in [2.75, 3.05) is 18.5 Å². The summed E-state index contributed by atoms with van der Waals surface area (Å²) in [5.41, 5.74) is 1.85. The van der Waals surface area contributed by atoms with Gasteiger partial charge < -0.3 is 19.6 Å². The Bertz CT molecular complexity index is 1080. The highest BCUT2D eigenvalue weighted by molar-refractivity contribution is 6.10. The number of nitrogens with zero attached hydrogens (tertiary/aromatic N) is 6. The fourth-order valence-corrected chi connectivity index (χ4v) is 2.99. The molecule has 11 heteroatoms. The summed E-state index contributed by atoms with van der Waals surface area (Å²) >= 11 is 0. The molecule has 2 aromatic heterocycles. The van der Waals surface area contributed by atoms with Gasteiger partial charge in [0.15, 0.2) is 12.3 Å². The van der Waals surface area contributed by atoms with Crippen molar-refractivity contribution in [2.45, 2.75) is 33.2 Å². The van der Waals surface area contributed by atoms with Crippen LogP contribution in [0.15, 0.2) is 53.7 Å². The summed E-state index contributed by atoms with van der Waals surface area (Å²) < 4.78 is 12.5. The SMILES string of the molecule is CCOC(C)(OCC)C(=O)Nc1cccc(CON=C(c2ccccc2)c2nnnn2C)n1. The normalized spacial score (nSPS) is 11.9. The lowest BCUT2D eigenvalue weighted by atomic mass is 10.1. The molecule has 0 saturated carbocycles. The third-order valence-corrected chi connectivity index (χ3v) is 4.55. The molecule has 0 unspecified atom stereocenters. The van der Waals surface area contributed by atoms with Crippen LogP contribution < -0.4 is 5.32 Å². The molecule has 0 radical (unpaired) electrons. The van der Waals surface area contributed by atoms with Gasteiger partial charge in [0.05, 0.1) is 5.69 Å². The van der Waals surface area contributed by atoms with E-state index in [9.17, 15) is 4.79 Å². The maximum atomic E-state index is 12.7. The molecule has 0 spiro atoms. The van der Waals surface area contributed by atoms with Crippen LogP contribution >= 0.6 is 0 Å². The van der Waals surface area contributed by atoms with Gasteiger partial charge in [-0.3, -0.25) is 4.79 Å². The molecule has 0 atom stereocenters. The number of aryl methyl sites for hydroxylation is 1. The lowest BCUT2D eigenvalue weighted by molar-refractivity contribution is -0.214. The van der Waals surface area contributed by atoms with E-state index >= 15 is 0 Å². The number of nitrogens with one attached hydrogen (secondary N) is 1. The number of aromatic nitrogens is 5. The summed E-state index contributed by atoms with van der Waals surface area (Å²) in [6, 6.07) is 14.7. The van der Waals surface area contributed by atoms with E-state index in [4.69, 9.17) is 14.3 Å². The van der Waals surface area contributed by atoms with E-state index in [1.165, 1.54) is 4.68 Å². The number of anilines is 1. The molecule has 1 amide bonds. The number of amides is 1. The Balaban J connectivity index is 1.73. The summed E-state index contributed by atoms with van der Waals surface area (Å²) in [5.74, 6) is -1.05. The van der Waals surface area contributed by atoms with Crippen LogP contribution in [0.2, 0.25) is 0 Å². The zero-order valence-electron chi connectivity index (χ0n) is 19.1. The zero-order valence-corrected chi connectivity index (χ0v) is 19.1. The van der Waals surface area contributed by atoms with Crippen LogP contribution in [0, 0.1) is 0 Å². The average Bonchev–Trinajstić information content (AvgIpc) is 3.23. The molecule has 0 aliphatic heterocycles. The zero-order chi connectivity index (χ0) is 23.7. The Morgan fingerprint density at radius 3 is 2.45 bits per heavy atom. The molecule has 0 saturated heterocycles. The Kier molecular flexibility index (Phi) is 8.17. The van der Waals surface area contributed by atoms with E-state index in [0.29, 0.717) is 36.3 Å². The standard InChI is InChI=1S/C22H27N7O4/c1-5-31-22(3,32-6-2)21(30)24-18-14-10-13-17(23-18)15-33-26-19(16-11-8-7-9-12-16)20-25-27-28-29(20)4/h7-14H,5-6,15H2,1-4H3,(H,23,24,30). The average molecular weight is 454 g/mol. The van der Waals surface area contributed by atoms with Crippen LogP contribution in [0.4, 0.5) is 5.82 Å². The Morgan fingerprint density at radius 2 is 1.82 bits per heavy atom. The Hall–Kier alpha value is -3.70. The van der Waals surface area contributed by atoms with E-state index in [2.05, 4.69) is 31.0 Å². The van der Waals surface area contributed by atoms with Crippen LogP contribution in [0.25, 0.3) is 0 Å². The molecule has 3 rings (SSSR count). The quantitative estimate of drug-likeness (QED) is 0.266. The fourth-order valence-electron chi connectivity index (χ4n) is 2.99. The van der Waals surface area contributed by atoms with E-state index in [-0.39, 0.29) is 6.61 Å². The first-order chi connectivity index (χ1) is 16.0. The van der Waals surface area contributed by atoms with Gasteiger partial charge >= 0.3 is 0 Å². The van der Waals surface area contributed by atoms with Crippen LogP contribution in [-0.4, -0.2) is 55.8 Å². The minimum absolute atomic E-state index is 0.0690. The van der Waals surface area contributed by atoms with Gasteiger partial charge in [-0.2, -0.15) is 0 Å². The Labute approximate surface area is 191 Å². The van der Waals surface area contributed by atoms with Crippen LogP contribution in [0.5, 0.6) is 0 Å². The number of tetrazole rings is 1. The van der Waals surface area contributed by atoms with Crippen molar-refractivity contribution in [2.24, 2.45) is 12.2 Å². The molecule has 0 bridgehead atoms. The van der Waals surface area contributed by atoms with Gasteiger partial charge in [0.2, 0.25) is 11.6 Å². The van der Waals surface area contributed by atoms with Crippen molar-refractivity contribution in [1.82, 2.24) is 25.2 Å². The highest BCUT2D eigenvalue weighted by Gasteiger charge is 2.35. The van der Waals surface area contributed by atoms with E-state index in [0.717, 1.165) is 5.56 Å². The number of oxime groups is 1. The summed E-state index contributed by atoms with van der Waals surface area (Å²) in [4.78, 5) is 22.7. The number of ether oxygens (including phenoxy) is 2. The summed E-state index contributed by atoms with van der Waals surface area (Å²) in [6.45, 7) is 5.88. The van der Waals surface area contributed by atoms with Gasteiger partial charge in [-0.15, -0.1) is 5.10 Å². The lowest BCUT2D eigenvalue weighted by Gasteiger charge is -2.27. The number of pyridine rings is 1. The Morgan fingerprint density at radius 1 is 1.09 bits per heavy atom. The summed E-state index contributed by atoms with van der Waals surface area (Å²) in [6.07, 6.45) is 0. The van der Waals surface area contributed by atoms with Crippen molar-refractivity contribution in [3.63, 3.8) is 0 Å². The minimum Gasteiger partial charge on any atom is -0.389 e. The monoisotopic (exact) mass is 453 g/mol. The van der Waals surface area contributed by atoms with Gasteiger partial charge in [0.25, 0.3) is 5.91 Å². The number of benzene rings is 1. The number of carbonyl (C=O) groups is 1. The van der Waals surface area contributed by atoms with Gasteiger partial charge in [0.1, 0.15) is 5.82 Å². The second-order valence-corrected chi connectivity index (χ2v) is 6.99. The van der Waals surface area contributed by atoms with Gasteiger partial charge in [-0.05, 0) is 43.3 Å².